The van der Waals surface area contributed by atoms with Gasteiger partial charge in [0.2, 0.25) is 0 Å². The third-order valence-corrected chi connectivity index (χ3v) is 4.43. The standard InChI is InChI=1S/C22H25NO4.ClH/c1-18(24)22(17-19-7-3-2-4-8-19)27-21-10-6-5-9-20(21)26-16-13-23-11-14-25-15-12-23;/h2-10,17H,11-16H2,1H3;1H/b22-17-;. The molecule has 0 bridgehead atoms. The Morgan fingerprint density at radius 2 is 1.68 bits per heavy atom. The number of allylic oxidation sites excluding steroid dienone is 1. The number of rotatable bonds is 8. The van der Waals surface area contributed by atoms with E-state index in [1.54, 1.807) is 6.08 Å². The molecule has 0 aromatic heterocycles. The number of hydrogen-bond acceptors (Lipinski definition) is 4. The van der Waals surface area contributed by atoms with Crippen molar-refractivity contribution in [2.24, 2.45) is 0 Å². The topological polar surface area (TPSA) is 49.2 Å². The highest BCUT2D eigenvalue weighted by Crippen LogP contribution is 2.28. The largest absolute Gasteiger partial charge is 1.00 e. The molecule has 2 aromatic rings. The van der Waals surface area contributed by atoms with Gasteiger partial charge < -0.3 is 31.5 Å². The van der Waals surface area contributed by atoms with Crippen LogP contribution in [0.3, 0.4) is 0 Å². The van der Waals surface area contributed by atoms with Crippen LogP contribution in [0.15, 0.2) is 60.4 Å². The van der Waals surface area contributed by atoms with Crippen LogP contribution in [0.4, 0.5) is 0 Å². The highest BCUT2D eigenvalue weighted by Gasteiger charge is 2.15. The van der Waals surface area contributed by atoms with Gasteiger partial charge in [-0.1, -0.05) is 42.5 Å². The van der Waals surface area contributed by atoms with Crippen LogP contribution in [0.25, 0.3) is 6.08 Å². The second-order valence-corrected chi connectivity index (χ2v) is 6.49. The lowest BCUT2D eigenvalue weighted by Gasteiger charge is -2.23. The monoisotopic (exact) mass is 403 g/mol. The van der Waals surface area contributed by atoms with E-state index in [0.717, 1.165) is 38.4 Å². The number of hydrogen-bond donors (Lipinski definition) is 1. The molecule has 1 saturated heterocycles. The minimum atomic E-state index is -0.133. The number of ether oxygens (including phenoxy) is 3. The summed E-state index contributed by atoms with van der Waals surface area (Å²) < 4.78 is 17.2. The van der Waals surface area contributed by atoms with Crippen molar-refractivity contribution >= 4 is 11.9 Å². The lowest BCUT2D eigenvalue weighted by atomic mass is 10.2. The van der Waals surface area contributed by atoms with E-state index >= 15 is 0 Å². The van der Waals surface area contributed by atoms with Crippen molar-refractivity contribution in [2.75, 3.05) is 39.5 Å². The molecule has 1 fully saturated rings. The molecule has 1 aliphatic rings. The molecular formula is C22H26ClNO4. The molecule has 150 valence electrons. The van der Waals surface area contributed by atoms with Crippen LogP contribution >= 0.6 is 0 Å². The van der Waals surface area contributed by atoms with Crippen LogP contribution < -0.4 is 26.8 Å². The summed E-state index contributed by atoms with van der Waals surface area (Å²) in [6.07, 6.45) is 1.75. The number of para-hydroxylation sites is 2. The average Bonchev–Trinajstić information content (AvgIpc) is 2.70. The molecule has 1 aliphatic heterocycles. The van der Waals surface area contributed by atoms with E-state index in [2.05, 4.69) is 0 Å². The Bertz CT molecular complexity index is 773. The maximum Gasteiger partial charge on any atom is 0.194 e. The molecule has 0 radical (unpaired) electrons. The lowest BCUT2D eigenvalue weighted by Crippen LogP contribution is -3.14. The fraction of sp³-hybridized carbons (Fsp3) is 0.318. The van der Waals surface area contributed by atoms with E-state index in [1.807, 2.05) is 54.6 Å². The van der Waals surface area contributed by atoms with E-state index in [1.165, 1.54) is 11.8 Å². The molecule has 0 aliphatic carbocycles. The summed E-state index contributed by atoms with van der Waals surface area (Å²) in [7, 11) is 0. The highest BCUT2D eigenvalue weighted by atomic mass is 35.5. The number of nitrogens with one attached hydrogen (secondary N) is 1. The normalized spacial score (nSPS) is 14.8. The van der Waals surface area contributed by atoms with E-state index in [0.29, 0.717) is 18.1 Å². The first-order valence-corrected chi connectivity index (χ1v) is 9.31. The summed E-state index contributed by atoms with van der Waals surface area (Å²) in [5.74, 6) is 1.35. The first-order chi connectivity index (χ1) is 13.2. The molecule has 0 saturated carbocycles. The Labute approximate surface area is 172 Å². The van der Waals surface area contributed by atoms with Crippen LogP contribution in [-0.4, -0.2) is 45.2 Å². The number of benzene rings is 2. The Morgan fingerprint density at radius 1 is 1.04 bits per heavy atom. The van der Waals surface area contributed by atoms with Gasteiger partial charge in [-0.2, -0.15) is 0 Å². The summed E-state index contributed by atoms with van der Waals surface area (Å²) in [5.41, 5.74) is 0.914. The van der Waals surface area contributed by atoms with E-state index in [-0.39, 0.29) is 23.9 Å². The molecule has 0 amide bonds. The number of carbonyl (C=O) groups is 1. The first kappa shape index (κ1) is 22.0. The van der Waals surface area contributed by atoms with Crippen molar-refractivity contribution in [3.63, 3.8) is 0 Å². The SMILES string of the molecule is CC(=O)/C(=C/c1ccccc1)Oc1ccccc1OCC[NH+]1CCOCC1.[Cl-]. The molecule has 2 aromatic carbocycles. The summed E-state index contributed by atoms with van der Waals surface area (Å²) in [5, 5.41) is 0. The summed E-state index contributed by atoms with van der Waals surface area (Å²) in [6, 6.07) is 17.1. The zero-order chi connectivity index (χ0) is 18.9. The van der Waals surface area contributed by atoms with Crippen molar-refractivity contribution < 1.29 is 36.3 Å². The number of quaternary nitrogens is 1. The molecule has 0 unspecified atom stereocenters. The second-order valence-electron chi connectivity index (χ2n) is 6.49. The Morgan fingerprint density at radius 3 is 2.36 bits per heavy atom. The van der Waals surface area contributed by atoms with Crippen LogP contribution in [0.5, 0.6) is 11.5 Å². The molecule has 28 heavy (non-hydrogen) atoms. The van der Waals surface area contributed by atoms with Gasteiger partial charge in [-0.15, -0.1) is 0 Å². The van der Waals surface area contributed by atoms with Gasteiger partial charge in [0, 0.05) is 6.92 Å². The number of halogens is 1. The average molecular weight is 404 g/mol. The predicted molar refractivity (Wildman–Crippen MR) is 104 cm³/mol. The summed E-state index contributed by atoms with van der Waals surface area (Å²) in [4.78, 5) is 13.5. The lowest BCUT2D eigenvalue weighted by molar-refractivity contribution is -0.908. The van der Waals surface area contributed by atoms with Crippen LogP contribution in [-0.2, 0) is 9.53 Å². The molecular weight excluding hydrogens is 378 g/mol. The van der Waals surface area contributed by atoms with Crippen molar-refractivity contribution in [1.82, 2.24) is 0 Å². The molecule has 3 rings (SSSR count). The van der Waals surface area contributed by atoms with Gasteiger partial charge in [0.05, 0.1) is 13.2 Å². The quantitative estimate of drug-likeness (QED) is 0.453. The van der Waals surface area contributed by atoms with Gasteiger partial charge in [0.1, 0.15) is 26.2 Å². The third-order valence-electron chi connectivity index (χ3n) is 4.43. The van der Waals surface area contributed by atoms with Gasteiger partial charge in [-0.3, -0.25) is 4.79 Å². The van der Waals surface area contributed by atoms with Crippen molar-refractivity contribution in [1.29, 1.82) is 0 Å². The Balaban J connectivity index is 0.00000280. The minimum absolute atomic E-state index is 0. The van der Waals surface area contributed by atoms with Crippen molar-refractivity contribution in [3.05, 3.63) is 65.9 Å². The van der Waals surface area contributed by atoms with E-state index < -0.39 is 0 Å². The Kier molecular flexibility index (Phi) is 9.01. The van der Waals surface area contributed by atoms with Gasteiger partial charge >= 0.3 is 0 Å². The highest BCUT2D eigenvalue weighted by molar-refractivity contribution is 5.96. The molecule has 0 atom stereocenters. The fourth-order valence-corrected chi connectivity index (χ4v) is 2.89. The number of ketones is 1. The molecule has 0 spiro atoms. The second kappa shape index (κ2) is 11.5. The molecule has 6 heteroatoms. The van der Waals surface area contributed by atoms with Crippen LogP contribution in [0.2, 0.25) is 0 Å². The van der Waals surface area contributed by atoms with Crippen molar-refractivity contribution in [2.45, 2.75) is 6.92 Å². The molecule has 1 heterocycles. The number of Topliss-reactive ketones (excluding diaryl/α,β-unsaturated/α-hetero) is 1. The molecule has 1 N–H and O–H groups in total. The summed E-state index contributed by atoms with van der Waals surface area (Å²) in [6.45, 7) is 6.64. The smallest absolute Gasteiger partial charge is 0.194 e. The van der Waals surface area contributed by atoms with Crippen LogP contribution in [0, 0.1) is 0 Å². The van der Waals surface area contributed by atoms with E-state index in [4.69, 9.17) is 14.2 Å². The number of carbonyl (C=O) groups excluding carboxylic acids is 1. The maximum atomic E-state index is 12.0. The number of morpholine rings is 1. The fourth-order valence-electron chi connectivity index (χ4n) is 2.89. The van der Waals surface area contributed by atoms with Crippen molar-refractivity contribution in [3.8, 4) is 11.5 Å². The third kappa shape index (κ3) is 6.68. The van der Waals surface area contributed by atoms with Gasteiger partial charge in [-0.25, -0.2) is 0 Å². The Hall–Kier alpha value is -2.34. The van der Waals surface area contributed by atoms with Crippen LogP contribution in [0.1, 0.15) is 12.5 Å². The van der Waals surface area contributed by atoms with E-state index in [9.17, 15) is 4.79 Å². The first-order valence-electron chi connectivity index (χ1n) is 9.31. The zero-order valence-corrected chi connectivity index (χ0v) is 16.8. The maximum absolute atomic E-state index is 12.0. The van der Waals surface area contributed by atoms with Gasteiger partial charge in [0.25, 0.3) is 0 Å². The summed E-state index contributed by atoms with van der Waals surface area (Å²) >= 11 is 0. The molecule has 5 nitrogen and oxygen atoms in total. The zero-order valence-electron chi connectivity index (χ0n) is 16.0. The minimum Gasteiger partial charge on any atom is -1.00 e. The van der Waals surface area contributed by atoms with Gasteiger partial charge in [-0.05, 0) is 23.8 Å². The predicted octanol–water partition coefficient (Wildman–Crippen LogP) is -1.01. The van der Waals surface area contributed by atoms with Gasteiger partial charge in [0.15, 0.2) is 23.0 Å².